The van der Waals surface area contributed by atoms with Crippen molar-refractivity contribution in [2.75, 3.05) is 43.4 Å². The third-order valence-corrected chi connectivity index (χ3v) is 6.64. The number of likely N-dealkylation sites (N-methyl/N-ethyl adjacent to an activating group) is 1. The molecule has 0 spiro atoms. The Morgan fingerprint density at radius 1 is 0.938 bits per heavy atom. The SMILES string of the molecule is Cc1ccccc1Nc1cc(N2CCN(C)CC2)c2noc3c2c1C(=O)c1ccccc1-3. The van der Waals surface area contributed by atoms with Crippen LogP contribution >= 0.6 is 0 Å². The average Bonchev–Trinajstić information content (AvgIpc) is 3.25. The molecule has 1 saturated heterocycles. The van der Waals surface area contributed by atoms with Crippen LogP contribution in [-0.2, 0) is 0 Å². The van der Waals surface area contributed by atoms with Crippen molar-refractivity contribution in [3.8, 4) is 11.3 Å². The number of hydrogen-bond acceptors (Lipinski definition) is 6. The van der Waals surface area contributed by atoms with Gasteiger partial charge in [0.05, 0.1) is 22.3 Å². The summed E-state index contributed by atoms with van der Waals surface area (Å²) >= 11 is 0. The Morgan fingerprint density at radius 3 is 2.44 bits per heavy atom. The van der Waals surface area contributed by atoms with Gasteiger partial charge < -0.3 is 19.6 Å². The fraction of sp³-hybridized carbons (Fsp3) is 0.231. The largest absolute Gasteiger partial charge is 0.367 e. The molecule has 6 heteroatoms. The van der Waals surface area contributed by atoms with Gasteiger partial charge >= 0.3 is 0 Å². The normalized spacial score (nSPS) is 15.8. The molecule has 0 unspecified atom stereocenters. The molecular weight excluding hydrogens is 400 g/mol. The molecule has 1 aromatic heterocycles. The third kappa shape index (κ3) is 2.83. The van der Waals surface area contributed by atoms with Gasteiger partial charge in [0.1, 0.15) is 5.52 Å². The zero-order chi connectivity index (χ0) is 21.8. The molecule has 6 nitrogen and oxygen atoms in total. The van der Waals surface area contributed by atoms with E-state index >= 15 is 0 Å². The van der Waals surface area contributed by atoms with E-state index in [0.717, 1.165) is 65.3 Å². The van der Waals surface area contributed by atoms with Crippen LogP contribution in [0.5, 0.6) is 0 Å². The molecular formula is C26H24N4O2. The summed E-state index contributed by atoms with van der Waals surface area (Å²) in [5, 5.41) is 8.84. The number of piperazine rings is 1. The maximum absolute atomic E-state index is 13.7. The van der Waals surface area contributed by atoms with Crippen LogP contribution in [0, 0.1) is 6.92 Å². The molecule has 160 valence electrons. The summed E-state index contributed by atoms with van der Waals surface area (Å²) in [5.41, 5.74) is 6.77. The minimum atomic E-state index is 0.00214. The molecule has 1 fully saturated rings. The number of hydrogen-bond donors (Lipinski definition) is 1. The number of anilines is 3. The molecule has 0 saturated carbocycles. The smallest absolute Gasteiger partial charge is 0.196 e. The van der Waals surface area contributed by atoms with Crippen molar-refractivity contribution in [3.05, 3.63) is 71.3 Å². The Hall–Kier alpha value is -3.64. The molecule has 0 atom stereocenters. The molecule has 0 radical (unpaired) electrons. The molecule has 2 aliphatic rings. The second kappa shape index (κ2) is 7.21. The number of para-hydroxylation sites is 1. The van der Waals surface area contributed by atoms with Crippen LogP contribution < -0.4 is 10.2 Å². The van der Waals surface area contributed by atoms with Gasteiger partial charge in [-0.3, -0.25) is 4.79 Å². The monoisotopic (exact) mass is 424 g/mol. The zero-order valence-electron chi connectivity index (χ0n) is 18.2. The van der Waals surface area contributed by atoms with Crippen molar-refractivity contribution in [3.63, 3.8) is 0 Å². The van der Waals surface area contributed by atoms with Gasteiger partial charge in [0.15, 0.2) is 11.5 Å². The van der Waals surface area contributed by atoms with Crippen molar-refractivity contribution in [2.45, 2.75) is 6.92 Å². The van der Waals surface area contributed by atoms with Crippen molar-refractivity contribution in [1.29, 1.82) is 0 Å². The Morgan fingerprint density at radius 2 is 1.66 bits per heavy atom. The quantitative estimate of drug-likeness (QED) is 0.447. The highest BCUT2D eigenvalue weighted by atomic mass is 16.5. The summed E-state index contributed by atoms with van der Waals surface area (Å²) in [6.07, 6.45) is 0. The average molecular weight is 425 g/mol. The first kappa shape index (κ1) is 19.1. The number of carbonyl (C=O) groups is 1. The number of aryl methyl sites for hydroxylation is 1. The van der Waals surface area contributed by atoms with Gasteiger partial charge in [0.25, 0.3) is 0 Å². The van der Waals surface area contributed by atoms with Gasteiger partial charge in [-0.1, -0.05) is 47.6 Å². The highest BCUT2D eigenvalue weighted by Crippen LogP contribution is 2.46. The molecule has 1 aliphatic heterocycles. The van der Waals surface area contributed by atoms with E-state index in [-0.39, 0.29) is 5.78 Å². The number of rotatable bonds is 3. The minimum Gasteiger partial charge on any atom is -0.367 e. The van der Waals surface area contributed by atoms with Crippen molar-refractivity contribution in [1.82, 2.24) is 10.1 Å². The van der Waals surface area contributed by atoms with Gasteiger partial charge in [-0.15, -0.1) is 0 Å². The molecule has 1 aliphatic carbocycles. The standard InChI is InChI=1S/C26H24N4O2/c1-16-7-3-6-10-19(16)27-20-15-21(30-13-11-29(2)12-14-30)24-23-22(20)25(31)17-8-4-5-9-18(17)26(23)32-28-24/h3-10,15,27H,11-14H2,1-2H3. The van der Waals surface area contributed by atoms with E-state index in [1.807, 2.05) is 42.5 Å². The van der Waals surface area contributed by atoms with Crippen molar-refractivity contribution in [2.24, 2.45) is 0 Å². The van der Waals surface area contributed by atoms with Gasteiger partial charge in [-0.2, -0.15) is 0 Å². The molecule has 0 amide bonds. The predicted octanol–water partition coefficient (Wildman–Crippen LogP) is 4.84. The Labute approximate surface area is 186 Å². The Bertz CT molecular complexity index is 1370. The fourth-order valence-corrected chi connectivity index (χ4v) is 4.79. The predicted molar refractivity (Wildman–Crippen MR) is 127 cm³/mol. The molecule has 32 heavy (non-hydrogen) atoms. The maximum atomic E-state index is 13.7. The second-order valence-electron chi connectivity index (χ2n) is 8.66. The number of ketones is 1. The number of nitrogens with zero attached hydrogens (tertiary/aromatic N) is 3. The highest BCUT2D eigenvalue weighted by Gasteiger charge is 2.34. The molecule has 3 aromatic carbocycles. The molecule has 2 heterocycles. The van der Waals surface area contributed by atoms with Crippen LogP contribution in [0.1, 0.15) is 21.5 Å². The summed E-state index contributed by atoms with van der Waals surface area (Å²) in [4.78, 5) is 18.4. The lowest BCUT2D eigenvalue weighted by atomic mass is 9.86. The highest BCUT2D eigenvalue weighted by molar-refractivity contribution is 6.28. The summed E-state index contributed by atoms with van der Waals surface area (Å²) in [5.74, 6) is 0.677. The van der Waals surface area contributed by atoms with Crippen LogP contribution in [0.25, 0.3) is 22.2 Å². The summed E-state index contributed by atoms with van der Waals surface area (Å²) in [6, 6.07) is 17.8. The molecule has 0 bridgehead atoms. The molecule has 4 aromatic rings. The van der Waals surface area contributed by atoms with E-state index in [4.69, 9.17) is 4.52 Å². The third-order valence-electron chi connectivity index (χ3n) is 6.64. The van der Waals surface area contributed by atoms with Gasteiger partial charge in [0, 0.05) is 43.0 Å². The van der Waals surface area contributed by atoms with Crippen LogP contribution in [0.3, 0.4) is 0 Å². The fourth-order valence-electron chi connectivity index (χ4n) is 4.79. The molecule has 6 rings (SSSR count). The van der Waals surface area contributed by atoms with E-state index in [2.05, 4.69) is 46.4 Å². The van der Waals surface area contributed by atoms with E-state index in [0.29, 0.717) is 16.9 Å². The van der Waals surface area contributed by atoms with Crippen LogP contribution in [0.2, 0.25) is 0 Å². The first-order chi connectivity index (χ1) is 15.6. The van der Waals surface area contributed by atoms with E-state index in [9.17, 15) is 4.79 Å². The Kier molecular flexibility index (Phi) is 4.30. The first-order valence-corrected chi connectivity index (χ1v) is 11.0. The number of aromatic nitrogens is 1. The lowest BCUT2D eigenvalue weighted by Crippen LogP contribution is -2.44. The van der Waals surface area contributed by atoms with Crippen LogP contribution in [0.4, 0.5) is 17.1 Å². The second-order valence-corrected chi connectivity index (χ2v) is 8.66. The van der Waals surface area contributed by atoms with Gasteiger partial charge in [0.2, 0.25) is 0 Å². The lowest BCUT2D eigenvalue weighted by Gasteiger charge is -2.34. The summed E-state index contributed by atoms with van der Waals surface area (Å²) in [7, 11) is 2.14. The van der Waals surface area contributed by atoms with Gasteiger partial charge in [-0.05, 0) is 31.7 Å². The van der Waals surface area contributed by atoms with E-state index in [1.54, 1.807) is 0 Å². The summed E-state index contributed by atoms with van der Waals surface area (Å²) in [6.45, 7) is 5.84. The van der Waals surface area contributed by atoms with Crippen LogP contribution in [-0.4, -0.2) is 49.1 Å². The topological polar surface area (TPSA) is 61.6 Å². The van der Waals surface area contributed by atoms with E-state index < -0.39 is 0 Å². The maximum Gasteiger partial charge on any atom is 0.196 e. The van der Waals surface area contributed by atoms with E-state index in [1.165, 1.54) is 0 Å². The first-order valence-electron chi connectivity index (χ1n) is 11.0. The Balaban J connectivity index is 1.61. The zero-order valence-corrected chi connectivity index (χ0v) is 18.2. The number of benzene rings is 3. The molecule has 1 N–H and O–H groups in total. The van der Waals surface area contributed by atoms with Crippen molar-refractivity contribution < 1.29 is 9.32 Å². The number of nitrogens with one attached hydrogen (secondary N) is 1. The summed E-state index contributed by atoms with van der Waals surface area (Å²) < 4.78 is 5.89. The number of fused-ring (bicyclic) bond motifs is 2. The van der Waals surface area contributed by atoms with Crippen LogP contribution in [0.15, 0.2) is 59.1 Å². The van der Waals surface area contributed by atoms with Gasteiger partial charge in [-0.25, -0.2) is 0 Å². The minimum absolute atomic E-state index is 0.00214. The number of carbonyl (C=O) groups excluding carboxylic acids is 1. The lowest BCUT2D eigenvalue weighted by molar-refractivity contribution is 0.104. The van der Waals surface area contributed by atoms with Crippen molar-refractivity contribution >= 4 is 33.7 Å².